The lowest BCUT2D eigenvalue weighted by atomic mass is 9.86. The van der Waals surface area contributed by atoms with Crippen LogP contribution in [-0.2, 0) is 15.6 Å². The van der Waals surface area contributed by atoms with Crippen LogP contribution < -0.4 is 5.73 Å². The third-order valence-electron chi connectivity index (χ3n) is 5.59. The van der Waals surface area contributed by atoms with Crippen molar-refractivity contribution in [1.82, 2.24) is 25.6 Å². The lowest BCUT2D eigenvalue weighted by Gasteiger charge is -2.25. The molecule has 1 unspecified atom stereocenters. The van der Waals surface area contributed by atoms with Crippen LogP contribution in [0.25, 0.3) is 11.4 Å². The van der Waals surface area contributed by atoms with Crippen molar-refractivity contribution in [2.24, 2.45) is 15.2 Å². The van der Waals surface area contributed by atoms with Gasteiger partial charge in [-0.2, -0.15) is 18.7 Å². The molecular formula is C23H19ClN8O3S. The second kappa shape index (κ2) is 9.15. The number of guanidine groups is 1. The van der Waals surface area contributed by atoms with Crippen LogP contribution in [-0.4, -0.2) is 57.4 Å². The Morgan fingerprint density at radius 1 is 1.03 bits per heavy atom. The number of rotatable bonds is 5. The number of benzene rings is 3. The van der Waals surface area contributed by atoms with Crippen molar-refractivity contribution in [1.29, 1.82) is 0 Å². The summed E-state index contributed by atoms with van der Waals surface area (Å²) in [7, 11) is -4.18. The molecule has 2 heterocycles. The van der Waals surface area contributed by atoms with E-state index in [1.54, 1.807) is 48.5 Å². The number of hydrogen-bond acceptors (Lipinski definition) is 7. The van der Waals surface area contributed by atoms with Crippen molar-refractivity contribution >= 4 is 33.3 Å². The largest absolute Gasteiger partial charge is 0.377 e. The first-order chi connectivity index (χ1) is 17.3. The number of aromatic amines is 1. The molecule has 11 nitrogen and oxygen atoms in total. The van der Waals surface area contributed by atoms with E-state index in [4.69, 9.17) is 17.3 Å². The summed E-state index contributed by atoms with van der Waals surface area (Å²) in [5.74, 6) is -0.0705. The maximum Gasteiger partial charge on any atom is 0.285 e. The molecular weight excluding hydrogens is 504 g/mol. The maximum absolute atomic E-state index is 12.9. The summed E-state index contributed by atoms with van der Waals surface area (Å²) >= 11 is 6.02. The fourth-order valence-corrected chi connectivity index (χ4v) is 4.84. The molecule has 4 aromatic rings. The van der Waals surface area contributed by atoms with Gasteiger partial charge < -0.3 is 10.8 Å². The molecule has 0 aliphatic carbocycles. The molecule has 0 amide bonds. The van der Waals surface area contributed by atoms with E-state index in [1.165, 1.54) is 29.3 Å². The van der Waals surface area contributed by atoms with Gasteiger partial charge in [-0.3, -0.25) is 0 Å². The molecule has 182 valence electrons. The van der Waals surface area contributed by atoms with Gasteiger partial charge in [-0.05, 0) is 47.2 Å². The highest BCUT2D eigenvalue weighted by Gasteiger charge is 2.44. The average Bonchev–Trinajstić information content (AvgIpc) is 3.54. The molecule has 0 fully saturated rings. The number of halogens is 1. The zero-order valence-electron chi connectivity index (χ0n) is 18.5. The smallest absolute Gasteiger partial charge is 0.285 e. The highest BCUT2D eigenvalue weighted by Crippen LogP contribution is 2.33. The predicted octanol–water partition coefficient (Wildman–Crippen LogP) is 2.13. The SMILES string of the molecule is N/C(=N\S(=O)(=O)c1ccc(-c2nn[nH]n2)cc1)N1CC(O)(c2ccccc2)C(c2ccc(Cl)cc2)=N1. The van der Waals surface area contributed by atoms with Crippen LogP contribution in [0.1, 0.15) is 11.1 Å². The van der Waals surface area contributed by atoms with Crippen LogP contribution in [0, 0.1) is 0 Å². The molecule has 0 spiro atoms. The summed E-state index contributed by atoms with van der Waals surface area (Å²) in [6.45, 7) is -0.142. The summed E-state index contributed by atoms with van der Waals surface area (Å²) < 4.78 is 29.7. The van der Waals surface area contributed by atoms with E-state index in [1.807, 2.05) is 6.07 Å². The molecule has 0 saturated heterocycles. The molecule has 5 rings (SSSR count). The second-order valence-corrected chi connectivity index (χ2v) is 9.96. The molecule has 0 bridgehead atoms. The second-order valence-electron chi connectivity index (χ2n) is 7.92. The summed E-state index contributed by atoms with van der Waals surface area (Å²) in [6, 6.07) is 21.5. The first kappa shape index (κ1) is 23.6. The quantitative estimate of drug-likeness (QED) is 0.265. The Labute approximate surface area is 211 Å². The Bertz CT molecular complexity index is 1540. The average molecular weight is 523 g/mol. The van der Waals surface area contributed by atoms with Crippen molar-refractivity contribution in [2.75, 3.05) is 6.54 Å². The number of sulfonamides is 1. The summed E-state index contributed by atoms with van der Waals surface area (Å²) in [6.07, 6.45) is 0. The maximum atomic E-state index is 12.9. The molecule has 0 radical (unpaired) electrons. The first-order valence-corrected chi connectivity index (χ1v) is 12.4. The van der Waals surface area contributed by atoms with Crippen molar-refractivity contribution in [3.05, 3.63) is 95.0 Å². The Kier molecular flexibility index (Phi) is 6.00. The lowest BCUT2D eigenvalue weighted by molar-refractivity contribution is 0.104. The van der Waals surface area contributed by atoms with Crippen LogP contribution >= 0.6 is 11.6 Å². The van der Waals surface area contributed by atoms with Crippen LogP contribution in [0.15, 0.2) is 93.3 Å². The van der Waals surface area contributed by atoms with Crippen LogP contribution in [0.2, 0.25) is 5.02 Å². The molecule has 13 heteroatoms. The van der Waals surface area contributed by atoms with Gasteiger partial charge in [0.1, 0.15) is 5.71 Å². The number of nitrogens with two attached hydrogens (primary N) is 1. The van der Waals surface area contributed by atoms with Crippen molar-refractivity contribution in [2.45, 2.75) is 10.5 Å². The van der Waals surface area contributed by atoms with Crippen molar-refractivity contribution in [3.63, 3.8) is 0 Å². The molecule has 1 aliphatic rings. The van der Waals surface area contributed by atoms with E-state index in [0.29, 0.717) is 27.5 Å². The predicted molar refractivity (Wildman–Crippen MR) is 133 cm³/mol. The van der Waals surface area contributed by atoms with Gasteiger partial charge in [0.05, 0.1) is 11.4 Å². The number of β-amino-alcohol motifs (C(OH)–C–C–N with tert-alkyl or cyclic N) is 1. The third-order valence-corrected chi connectivity index (χ3v) is 7.14. The highest BCUT2D eigenvalue weighted by molar-refractivity contribution is 7.90. The Morgan fingerprint density at radius 3 is 2.33 bits per heavy atom. The number of nitrogens with zero attached hydrogens (tertiary/aromatic N) is 6. The fraction of sp³-hybridized carbons (Fsp3) is 0.0870. The Morgan fingerprint density at radius 2 is 1.69 bits per heavy atom. The normalized spacial score (nSPS) is 18.3. The lowest BCUT2D eigenvalue weighted by Crippen LogP contribution is -2.42. The van der Waals surface area contributed by atoms with Gasteiger partial charge >= 0.3 is 0 Å². The highest BCUT2D eigenvalue weighted by atomic mass is 35.5. The topological polar surface area (TPSA) is 163 Å². The number of nitrogens with one attached hydrogen (secondary N) is 1. The van der Waals surface area contributed by atoms with Gasteiger partial charge in [0.25, 0.3) is 10.0 Å². The number of aliphatic hydroxyl groups is 1. The molecule has 0 saturated carbocycles. The zero-order valence-corrected chi connectivity index (χ0v) is 20.1. The number of H-pyrrole nitrogens is 1. The minimum absolute atomic E-state index is 0.0860. The zero-order chi connectivity index (χ0) is 25.3. The first-order valence-electron chi connectivity index (χ1n) is 10.6. The van der Waals surface area contributed by atoms with Gasteiger partial charge in [-0.15, -0.1) is 14.6 Å². The number of aromatic nitrogens is 4. The summed E-state index contributed by atoms with van der Waals surface area (Å²) in [5.41, 5.74) is 6.54. The van der Waals surface area contributed by atoms with E-state index < -0.39 is 21.6 Å². The van der Waals surface area contributed by atoms with Gasteiger partial charge in [0, 0.05) is 16.1 Å². The van der Waals surface area contributed by atoms with E-state index in [-0.39, 0.29) is 17.2 Å². The number of hydrogen-bond donors (Lipinski definition) is 3. The van der Waals surface area contributed by atoms with Gasteiger partial charge in [0.2, 0.25) is 11.8 Å². The minimum Gasteiger partial charge on any atom is -0.377 e. The van der Waals surface area contributed by atoms with Crippen molar-refractivity contribution in [3.8, 4) is 11.4 Å². The van der Waals surface area contributed by atoms with E-state index >= 15 is 0 Å². The van der Waals surface area contributed by atoms with E-state index in [0.717, 1.165) is 0 Å². The van der Waals surface area contributed by atoms with Gasteiger partial charge in [-0.25, -0.2) is 5.01 Å². The Hall–Kier alpha value is -4.13. The molecule has 1 atom stereocenters. The monoisotopic (exact) mass is 522 g/mol. The van der Waals surface area contributed by atoms with E-state index in [9.17, 15) is 13.5 Å². The molecule has 36 heavy (non-hydrogen) atoms. The van der Waals surface area contributed by atoms with Crippen LogP contribution in [0.5, 0.6) is 0 Å². The Balaban J connectivity index is 1.49. The van der Waals surface area contributed by atoms with Gasteiger partial charge in [-0.1, -0.05) is 54.1 Å². The summed E-state index contributed by atoms with van der Waals surface area (Å²) in [5, 5.41) is 31.4. The van der Waals surface area contributed by atoms with Crippen LogP contribution in [0.4, 0.5) is 0 Å². The molecule has 3 aromatic carbocycles. The minimum atomic E-state index is -4.18. The van der Waals surface area contributed by atoms with Gasteiger partial charge in [0.15, 0.2) is 5.60 Å². The third kappa shape index (κ3) is 4.44. The van der Waals surface area contributed by atoms with E-state index in [2.05, 4.69) is 30.1 Å². The molecule has 4 N–H and O–H groups in total. The molecule has 1 aliphatic heterocycles. The molecule has 1 aromatic heterocycles. The summed E-state index contributed by atoms with van der Waals surface area (Å²) in [4.78, 5) is -0.0860. The standard InChI is InChI=1S/C23H19ClN8O3S/c24-18-10-6-15(7-11-18)20-23(33,17-4-2-1-3-5-17)14-32(28-20)22(25)29-36(34,35)19-12-8-16(9-13-19)21-26-30-31-27-21/h1-13,33H,14H2,(H2,25,29)(H,26,27,30,31). The van der Waals surface area contributed by atoms with Crippen molar-refractivity contribution < 1.29 is 13.5 Å². The van der Waals surface area contributed by atoms with Crippen LogP contribution in [0.3, 0.4) is 0 Å². The number of hydrazone groups is 1. The number of tetrazole rings is 1. The fourth-order valence-electron chi connectivity index (χ4n) is 3.79.